The van der Waals surface area contributed by atoms with E-state index in [1.807, 2.05) is 38.1 Å². The standard InChI is InChI=1S/C31H39F3N8O/c1-18(35)5-4-6-21-13-23(15-25(14-21)31(32,33)34)27-16-24-17-42(30(43)41-28(24)40-27)26-9-7-22(8-10-26)20(3)39-19(2)11-12-38-29(36)37/h7-10,13-20,39H,4-6,11-12,35H2,1-3H3,(H4,36,37,38)(H,40,41,43)/t18-,19-,20-/m0/s1. The van der Waals surface area contributed by atoms with E-state index in [9.17, 15) is 18.0 Å². The monoisotopic (exact) mass is 596 g/mol. The number of fused-ring (bicyclic) bond motifs is 1. The molecule has 0 amide bonds. The van der Waals surface area contributed by atoms with Crippen LogP contribution in [0.15, 0.2) is 64.5 Å². The van der Waals surface area contributed by atoms with Crippen LogP contribution < -0.4 is 28.2 Å². The zero-order chi connectivity index (χ0) is 31.3. The molecular weight excluding hydrogens is 557 g/mol. The molecule has 2 aromatic carbocycles. The largest absolute Gasteiger partial charge is 0.416 e. The summed E-state index contributed by atoms with van der Waals surface area (Å²) in [5.74, 6) is 0.0724. The second-order valence-corrected chi connectivity index (χ2v) is 11.1. The Kier molecular flexibility index (Phi) is 9.92. The molecule has 0 radical (unpaired) electrons. The molecule has 2 aromatic heterocycles. The first-order chi connectivity index (χ1) is 20.3. The number of hydrogen-bond donors (Lipinski definition) is 5. The van der Waals surface area contributed by atoms with Gasteiger partial charge in [0.1, 0.15) is 5.65 Å². The molecule has 4 rings (SSSR count). The normalized spacial score (nSPS) is 14.0. The minimum Gasteiger partial charge on any atom is -0.370 e. The van der Waals surface area contributed by atoms with E-state index in [4.69, 9.17) is 17.2 Å². The maximum absolute atomic E-state index is 13.7. The van der Waals surface area contributed by atoms with Gasteiger partial charge in [-0.2, -0.15) is 18.2 Å². The van der Waals surface area contributed by atoms with Crippen molar-refractivity contribution in [2.75, 3.05) is 6.54 Å². The number of alkyl halides is 3. The molecule has 0 aliphatic heterocycles. The number of benzene rings is 2. The zero-order valence-corrected chi connectivity index (χ0v) is 24.6. The third kappa shape index (κ3) is 8.45. The van der Waals surface area contributed by atoms with Gasteiger partial charge in [-0.15, -0.1) is 0 Å². The van der Waals surface area contributed by atoms with Crippen LogP contribution in [0, 0.1) is 0 Å². The van der Waals surface area contributed by atoms with E-state index in [0.29, 0.717) is 59.3 Å². The van der Waals surface area contributed by atoms with Crippen LogP contribution in [0.1, 0.15) is 62.8 Å². The molecule has 0 aliphatic rings. The molecule has 0 unspecified atom stereocenters. The summed E-state index contributed by atoms with van der Waals surface area (Å²) in [5.41, 5.74) is 18.7. The number of nitrogens with one attached hydrogen (secondary N) is 2. The van der Waals surface area contributed by atoms with Crippen LogP contribution in [0.4, 0.5) is 13.2 Å². The second-order valence-electron chi connectivity index (χ2n) is 11.1. The molecule has 0 fully saturated rings. The number of aromatic amines is 1. The van der Waals surface area contributed by atoms with Crippen molar-refractivity contribution in [3.63, 3.8) is 0 Å². The minimum absolute atomic E-state index is 0.0223. The van der Waals surface area contributed by atoms with E-state index in [-0.39, 0.29) is 24.1 Å². The van der Waals surface area contributed by atoms with Crippen LogP contribution in [0.25, 0.3) is 28.0 Å². The van der Waals surface area contributed by atoms with Crippen LogP contribution in [0.3, 0.4) is 0 Å². The molecule has 2 heterocycles. The van der Waals surface area contributed by atoms with Gasteiger partial charge in [-0.05, 0) is 99.5 Å². The average Bonchev–Trinajstić information content (AvgIpc) is 3.34. The predicted molar refractivity (Wildman–Crippen MR) is 165 cm³/mol. The van der Waals surface area contributed by atoms with Crippen LogP contribution >= 0.6 is 0 Å². The van der Waals surface area contributed by atoms with Gasteiger partial charge in [0.15, 0.2) is 5.96 Å². The Hall–Kier alpha value is -4.16. The number of H-pyrrole nitrogens is 1. The van der Waals surface area contributed by atoms with Gasteiger partial charge in [-0.3, -0.25) is 9.56 Å². The van der Waals surface area contributed by atoms with Gasteiger partial charge in [-0.25, -0.2) is 4.79 Å². The molecule has 8 N–H and O–H groups in total. The Labute approximate surface area is 248 Å². The smallest absolute Gasteiger partial charge is 0.370 e. The van der Waals surface area contributed by atoms with E-state index in [1.165, 1.54) is 10.6 Å². The molecule has 0 aliphatic carbocycles. The van der Waals surface area contributed by atoms with Gasteiger partial charge >= 0.3 is 11.9 Å². The van der Waals surface area contributed by atoms with Crippen molar-refractivity contribution >= 4 is 17.0 Å². The summed E-state index contributed by atoms with van der Waals surface area (Å²) >= 11 is 0. The number of aliphatic imine (C=N–C) groups is 1. The maximum atomic E-state index is 13.7. The molecule has 0 spiro atoms. The van der Waals surface area contributed by atoms with Crippen molar-refractivity contribution in [2.24, 2.45) is 22.2 Å². The quantitative estimate of drug-likeness (QED) is 0.117. The molecule has 0 saturated heterocycles. The number of aryl methyl sites for hydroxylation is 1. The van der Waals surface area contributed by atoms with Crippen LogP contribution in [0.2, 0.25) is 0 Å². The fourth-order valence-electron chi connectivity index (χ4n) is 5.04. The molecular formula is C31H39F3N8O. The lowest BCUT2D eigenvalue weighted by molar-refractivity contribution is -0.137. The van der Waals surface area contributed by atoms with E-state index in [2.05, 4.69) is 27.2 Å². The fraction of sp³-hybridized carbons (Fsp3) is 0.387. The van der Waals surface area contributed by atoms with Crippen LogP contribution in [-0.2, 0) is 12.6 Å². The molecule has 4 aromatic rings. The molecule has 0 bridgehead atoms. The highest BCUT2D eigenvalue weighted by atomic mass is 19.4. The van der Waals surface area contributed by atoms with E-state index >= 15 is 0 Å². The first-order valence-corrected chi connectivity index (χ1v) is 14.3. The number of hydrogen-bond acceptors (Lipinski definition) is 5. The molecule has 12 heteroatoms. The third-order valence-corrected chi connectivity index (χ3v) is 7.33. The summed E-state index contributed by atoms with van der Waals surface area (Å²) in [6.07, 6.45) is -0.211. The van der Waals surface area contributed by atoms with E-state index in [0.717, 1.165) is 18.1 Å². The number of rotatable bonds is 12. The highest BCUT2D eigenvalue weighted by Crippen LogP contribution is 2.34. The van der Waals surface area contributed by atoms with Gasteiger partial charge < -0.3 is 27.5 Å². The minimum atomic E-state index is -4.49. The van der Waals surface area contributed by atoms with Gasteiger partial charge in [-0.1, -0.05) is 12.1 Å². The van der Waals surface area contributed by atoms with Gasteiger partial charge in [0.05, 0.1) is 11.3 Å². The predicted octanol–water partition coefficient (Wildman–Crippen LogP) is 4.77. The van der Waals surface area contributed by atoms with E-state index < -0.39 is 17.4 Å². The lowest BCUT2D eigenvalue weighted by atomic mass is 9.99. The number of nitrogens with two attached hydrogens (primary N) is 3. The summed E-state index contributed by atoms with van der Waals surface area (Å²) in [5, 5.41) is 4.10. The van der Waals surface area contributed by atoms with E-state index in [1.54, 1.807) is 18.3 Å². The first kappa shape index (κ1) is 31.8. The molecule has 3 atom stereocenters. The zero-order valence-electron chi connectivity index (χ0n) is 24.6. The van der Waals surface area contributed by atoms with Crippen LogP contribution in [-0.4, -0.2) is 39.1 Å². The Morgan fingerprint density at radius 2 is 1.79 bits per heavy atom. The SMILES string of the molecule is C[C@H](N)CCCc1cc(-c2cc3cn(-c4ccc([C@H](C)N[C@@H](C)CCN=C(N)N)cc4)c(=O)nc3[nH]2)cc(C(F)(F)F)c1. The summed E-state index contributed by atoms with van der Waals surface area (Å²) < 4.78 is 42.6. The highest BCUT2D eigenvalue weighted by molar-refractivity contribution is 5.82. The first-order valence-electron chi connectivity index (χ1n) is 14.3. The summed E-state index contributed by atoms with van der Waals surface area (Å²) in [7, 11) is 0. The lowest BCUT2D eigenvalue weighted by Gasteiger charge is -2.20. The van der Waals surface area contributed by atoms with Gasteiger partial charge in [0.2, 0.25) is 0 Å². The molecule has 43 heavy (non-hydrogen) atoms. The third-order valence-electron chi connectivity index (χ3n) is 7.33. The Bertz CT molecular complexity index is 1620. The topological polar surface area (TPSA) is 153 Å². The summed E-state index contributed by atoms with van der Waals surface area (Å²) in [6.45, 7) is 6.51. The number of guanidine groups is 1. The van der Waals surface area contributed by atoms with Crippen LogP contribution in [0.5, 0.6) is 0 Å². The summed E-state index contributed by atoms with van der Waals surface area (Å²) in [6, 6.07) is 13.5. The Morgan fingerprint density at radius 3 is 2.44 bits per heavy atom. The van der Waals surface area contributed by atoms with Crippen molar-refractivity contribution in [1.82, 2.24) is 19.9 Å². The van der Waals surface area contributed by atoms with Crippen molar-refractivity contribution < 1.29 is 13.2 Å². The highest BCUT2D eigenvalue weighted by Gasteiger charge is 2.31. The van der Waals surface area contributed by atoms with Crippen molar-refractivity contribution in [1.29, 1.82) is 0 Å². The van der Waals surface area contributed by atoms with Gasteiger partial charge in [0, 0.05) is 41.9 Å². The Morgan fingerprint density at radius 1 is 1.07 bits per heavy atom. The summed E-state index contributed by atoms with van der Waals surface area (Å²) in [4.78, 5) is 24.2. The fourth-order valence-corrected chi connectivity index (χ4v) is 5.04. The van der Waals surface area contributed by atoms with Crippen molar-refractivity contribution in [2.45, 2.75) is 70.8 Å². The molecule has 9 nitrogen and oxygen atoms in total. The lowest BCUT2D eigenvalue weighted by Crippen LogP contribution is -2.30. The Balaban J connectivity index is 1.57. The second kappa shape index (κ2) is 13.4. The number of halogens is 3. The number of nitrogens with zero attached hydrogens (tertiary/aromatic N) is 3. The number of aromatic nitrogens is 3. The van der Waals surface area contributed by atoms with Gasteiger partial charge in [0.25, 0.3) is 0 Å². The average molecular weight is 597 g/mol. The molecule has 0 saturated carbocycles. The molecule has 230 valence electrons. The van der Waals surface area contributed by atoms with Crippen molar-refractivity contribution in [3.8, 4) is 16.9 Å². The maximum Gasteiger partial charge on any atom is 0.416 e. The van der Waals surface area contributed by atoms with Crippen molar-refractivity contribution in [3.05, 3.63) is 81.9 Å².